The molecule has 0 unspecified atom stereocenters. The molecule has 0 fully saturated rings. The summed E-state index contributed by atoms with van der Waals surface area (Å²) in [7, 11) is 0. The Bertz CT molecular complexity index is 711. The molecule has 3 N–H and O–H groups in total. The van der Waals surface area contributed by atoms with E-state index in [0.29, 0.717) is 17.8 Å². The number of nitrogens with one attached hydrogen (secondary N) is 2. The maximum Gasteiger partial charge on any atom is 0.411 e. The van der Waals surface area contributed by atoms with Crippen LogP contribution in [-0.4, -0.2) is 23.4 Å². The number of carbonyl (C=O) groups excluding carboxylic acids is 1. The fourth-order valence-electron chi connectivity index (χ4n) is 2.20. The highest BCUT2D eigenvalue weighted by atomic mass is 16.6. The second-order valence-electron chi connectivity index (χ2n) is 5.54. The highest BCUT2D eigenvalue weighted by Gasteiger charge is 2.07. The minimum atomic E-state index is -1.09. The van der Waals surface area contributed by atoms with Crippen LogP contribution < -0.4 is 10.6 Å². The summed E-state index contributed by atoms with van der Waals surface area (Å²) >= 11 is 0. The second kappa shape index (κ2) is 8.01. The molecule has 6 heteroatoms. The lowest BCUT2D eigenvalue weighted by atomic mass is 10.0. The molecule has 6 nitrogen and oxygen atoms in total. The molecule has 2 aromatic rings. The van der Waals surface area contributed by atoms with Crippen molar-refractivity contribution < 1.29 is 19.4 Å². The van der Waals surface area contributed by atoms with Crippen molar-refractivity contribution in [3.63, 3.8) is 0 Å². The Labute approximate surface area is 140 Å². The summed E-state index contributed by atoms with van der Waals surface area (Å²) < 4.78 is 5.02. The van der Waals surface area contributed by atoms with Crippen LogP contribution in [0.25, 0.3) is 0 Å². The lowest BCUT2D eigenvalue weighted by Crippen LogP contribution is -2.17. The summed E-state index contributed by atoms with van der Waals surface area (Å²) in [6, 6.07) is 14.6. The van der Waals surface area contributed by atoms with Crippen molar-refractivity contribution in [3.8, 4) is 0 Å². The molecule has 0 aliphatic rings. The fourth-order valence-corrected chi connectivity index (χ4v) is 2.20. The third-order valence-corrected chi connectivity index (χ3v) is 3.20. The molecule has 2 rings (SSSR count). The number of hydrogen-bond acceptors (Lipinski definition) is 3. The van der Waals surface area contributed by atoms with Crippen molar-refractivity contribution >= 4 is 23.6 Å². The second-order valence-corrected chi connectivity index (χ2v) is 5.54. The molecular formula is C18H20N2O4. The molecule has 2 amide bonds. The van der Waals surface area contributed by atoms with Crippen LogP contribution in [0.1, 0.15) is 25.0 Å². The maximum absolute atomic E-state index is 11.5. The standard InChI is InChI=1S/C18H20N2O4/c1-12(2)24-18(23)19-15-9-7-13(8-10-15)11-14-5-3-4-6-16(14)20-17(21)22/h3-10,12,20H,11H2,1-2H3,(H,19,23)(H,21,22). The van der Waals surface area contributed by atoms with Crippen molar-refractivity contribution in [1.82, 2.24) is 0 Å². The minimum Gasteiger partial charge on any atom is -0.465 e. The van der Waals surface area contributed by atoms with Gasteiger partial charge in [-0.25, -0.2) is 9.59 Å². The molecule has 0 heterocycles. The molecule has 24 heavy (non-hydrogen) atoms. The number of hydrogen-bond donors (Lipinski definition) is 3. The quantitative estimate of drug-likeness (QED) is 0.762. The van der Waals surface area contributed by atoms with E-state index in [-0.39, 0.29) is 6.10 Å². The molecule has 0 atom stereocenters. The highest BCUT2D eigenvalue weighted by Crippen LogP contribution is 2.20. The van der Waals surface area contributed by atoms with E-state index in [9.17, 15) is 9.59 Å². The third kappa shape index (κ3) is 5.31. The van der Waals surface area contributed by atoms with Gasteiger partial charge in [0.1, 0.15) is 0 Å². The van der Waals surface area contributed by atoms with Gasteiger partial charge in [-0.2, -0.15) is 0 Å². The van der Waals surface area contributed by atoms with Crippen LogP contribution in [-0.2, 0) is 11.2 Å². The monoisotopic (exact) mass is 328 g/mol. The summed E-state index contributed by atoms with van der Waals surface area (Å²) in [6.07, 6.45) is -1.19. The van der Waals surface area contributed by atoms with Crippen molar-refractivity contribution in [2.75, 3.05) is 10.6 Å². The van der Waals surface area contributed by atoms with Crippen molar-refractivity contribution in [1.29, 1.82) is 0 Å². The van der Waals surface area contributed by atoms with E-state index in [1.165, 1.54) is 0 Å². The first-order chi connectivity index (χ1) is 11.4. The summed E-state index contributed by atoms with van der Waals surface area (Å²) in [6.45, 7) is 3.57. The lowest BCUT2D eigenvalue weighted by molar-refractivity contribution is 0.130. The molecule has 2 aromatic carbocycles. The Morgan fingerprint density at radius 1 is 1.04 bits per heavy atom. The number of carboxylic acid groups (broad SMARTS) is 1. The van der Waals surface area contributed by atoms with Gasteiger partial charge in [-0.3, -0.25) is 10.6 Å². The number of rotatable bonds is 5. The third-order valence-electron chi connectivity index (χ3n) is 3.20. The lowest BCUT2D eigenvalue weighted by Gasteiger charge is -2.11. The average molecular weight is 328 g/mol. The van der Waals surface area contributed by atoms with Crippen LogP contribution in [0.15, 0.2) is 48.5 Å². The van der Waals surface area contributed by atoms with Crippen LogP contribution in [0, 0.1) is 0 Å². The van der Waals surface area contributed by atoms with Gasteiger partial charge >= 0.3 is 12.2 Å². The number of anilines is 2. The van der Waals surface area contributed by atoms with Crippen LogP contribution in [0.4, 0.5) is 21.0 Å². The summed E-state index contributed by atoms with van der Waals surface area (Å²) in [5.41, 5.74) is 3.08. The van der Waals surface area contributed by atoms with E-state index < -0.39 is 12.2 Å². The van der Waals surface area contributed by atoms with Gasteiger partial charge in [0, 0.05) is 11.4 Å². The van der Waals surface area contributed by atoms with E-state index in [1.807, 2.05) is 24.3 Å². The molecule has 0 aliphatic heterocycles. The normalized spacial score (nSPS) is 10.3. The molecule has 0 saturated heterocycles. The average Bonchev–Trinajstić information content (AvgIpc) is 2.50. The van der Waals surface area contributed by atoms with E-state index in [1.54, 1.807) is 38.1 Å². The predicted octanol–water partition coefficient (Wildman–Crippen LogP) is 4.32. The van der Waals surface area contributed by atoms with Gasteiger partial charge < -0.3 is 9.84 Å². The number of para-hydroxylation sites is 1. The Balaban J connectivity index is 2.04. The van der Waals surface area contributed by atoms with Gasteiger partial charge in [0.25, 0.3) is 0 Å². The largest absolute Gasteiger partial charge is 0.465 e. The van der Waals surface area contributed by atoms with Crippen molar-refractivity contribution in [2.24, 2.45) is 0 Å². The van der Waals surface area contributed by atoms with E-state index in [4.69, 9.17) is 9.84 Å². The van der Waals surface area contributed by atoms with Gasteiger partial charge in [0.2, 0.25) is 0 Å². The number of carbonyl (C=O) groups is 2. The molecule has 0 aromatic heterocycles. The predicted molar refractivity (Wildman–Crippen MR) is 92.6 cm³/mol. The van der Waals surface area contributed by atoms with Gasteiger partial charge in [0.15, 0.2) is 0 Å². The van der Waals surface area contributed by atoms with Crippen molar-refractivity contribution in [2.45, 2.75) is 26.4 Å². The first kappa shape index (κ1) is 17.3. The van der Waals surface area contributed by atoms with Crippen LogP contribution in [0.5, 0.6) is 0 Å². The first-order valence-electron chi connectivity index (χ1n) is 7.58. The van der Waals surface area contributed by atoms with E-state index in [2.05, 4.69) is 10.6 Å². The topological polar surface area (TPSA) is 87.7 Å². The van der Waals surface area contributed by atoms with E-state index in [0.717, 1.165) is 11.1 Å². The zero-order valence-electron chi connectivity index (χ0n) is 13.6. The van der Waals surface area contributed by atoms with E-state index >= 15 is 0 Å². The first-order valence-corrected chi connectivity index (χ1v) is 7.58. The number of benzene rings is 2. The molecule has 0 radical (unpaired) electrons. The summed E-state index contributed by atoms with van der Waals surface area (Å²) in [5.74, 6) is 0. The molecule has 0 aliphatic carbocycles. The van der Waals surface area contributed by atoms with Crippen molar-refractivity contribution in [3.05, 3.63) is 59.7 Å². The van der Waals surface area contributed by atoms with Gasteiger partial charge in [-0.1, -0.05) is 30.3 Å². The van der Waals surface area contributed by atoms with Gasteiger partial charge in [-0.15, -0.1) is 0 Å². The maximum atomic E-state index is 11.5. The summed E-state index contributed by atoms with van der Waals surface area (Å²) in [5, 5.41) is 13.9. The Morgan fingerprint density at radius 3 is 2.33 bits per heavy atom. The number of amides is 2. The SMILES string of the molecule is CC(C)OC(=O)Nc1ccc(Cc2ccccc2NC(=O)O)cc1. The van der Waals surface area contributed by atoms with Crippen LogP contribution in [0.2, 0.25) is 0 Å². The Morgan fingerprint density at radius 2 is 1.71 bits per heavy atom. The zero-order valence-corrected chi connectivity index (χ0v) is 13.6. The number of ether oxygens (including phenoxy) is 1. The van der Waals surface area contributed by atoms with Gasteiger partial charge in [0.05, 0.1) is 6.10 Å². The molecular weight excluding hydrogens is 308 g/mol. The molecule has 0 saturated carbocycles. The fraction of sp³-hybridized carbons (Fsp3) is 0.222. The Kier molecular flexibility index (Phi) is 5.78. The molecule has 0 spiro atoms. The summed E-state index contributed by atoms with van der Waals surface area (Å²) in [4.78, 5) is 22.4. The molecule has 126 valence electrons. The minimum absolute atomic E-state index is 0.178. The van der Waals surface area contributed by atoms with Crippen LogP contribution in [0.3, 0.4) is 0 Å². The molecule has 0 bridgehead atoms. The zero-order chi connectivity index (χ0) is 17.5. The van der Waals surface area contributed by atoms with Gasteiger partial charge in [-0.05, 0) is 49.6 Å². The highest BCUT2D eigenvalue weighted by molar-refractivity contribution is 5.85. The Hall–Kier alpha value is -3.02. The van der Waals surface area contributed by atoms with Crippen LogP contribution >= 0.6 is 0 Å². The smallest absolute Gasteiger partial charge is 0.411 e.